The van der Waals surface area contributed by atoms with Gasteiger partial charge in [-0.1, -0.05) is 25.1 Å². The molecule has 0 aliphatic rings. The Morgan fingerprint density at radius 2 is 2.00 bits per heavy atom. The maximum atomic E-state index is 12.3. The van der Waals surface area contributed by atoms with Crippen molar-refractivity contribution in [2.45, 2.75) is 19.3 Å². The number of alkyl halides is 3. The summed E-state index contributed by atoms with van der Waals surface area (Å²) in [5.74, 6) is 0.552. The predicted octanol–water partition coefficient (Wildman–Crippen LogP) is 3.60. The van der Waals surface area contributed by atoms with E-state index >= 15 is 0 Å². The van der Waals surface area contributed by atoms with Gasteiger partial charge in [-0.2, -0.15) is 11.8 Å². The molecule has 0 saturated carbocycles. The Bertz CT molecular complexity index is 365. The summed E-state index contributed by atoms with van der Waals surface area (Å²) < 4.78 is 41.0. The van der Waals surface area contributed by atoms with E-state index in [0.717, 1.165) is 0 Å². The SMILES string of the molecule is CCNC(CSC)c1ccccc1OC(F)(F)F. The van der Waals surface area contributed by atoms with Crippen LogP contribution in [-0.4, -0.2) is 24.9 Å². The molecule has 2 nitrogen and oxygen atoms in total. The fourth-order valence-corrected chi connectivity index (χ4v) is 2.29. The highest BCUT2D eigenvalue weighted by molar-refractivity contribution is 7.98. The molecule has 0 bridgehead atoms. The predicted molar refractivity (Wildman–Crippen MR) is 67.9 cm³/mol. The molecule has 0 radical (unpaired) electrons. The molecular weight excluding hydrogens is 263 g/mol. The van der Waals surface area contributed by atoms with E-state index in [-0.39, 0.29) is 11.8 Å². The van der Waals surface area contributed by atoms with Gasteiger partial charge in [0.1, 0.15) is 5.75 Å². The Labute approximate surface area is 109 Å². The molecule has 1 unspecified atom stereocenters. The van der Waals surface area contributed by atoms with Crippen LogP contribution in [-0.2, 0) is 0 Å². The third kappa shape index (κ3) is 4.78. The van der Waals surface area contributed by atoms with Gasteiger partial charge in [0.25, 0.3) is 0 Å². The number of hydrogen-bond acceptors (Lipinski definition) is 3. The molecule has 0 aliphatic carbocycles. The van der Waals surface area contributed by atoms with E-state index in [1.807, 2.05) is 13.2 Å². The van der Waals surface area contributed by atoms with Crippen LogP contribution in [0.15, 0.2) is 24.3 Å². The number of halogens is 3. The van der Waals surface area contributed by atoms with Crippen molar-refractivity contribution in [2.75, 3.05) is 18.6 Å². The first-order valence-corrected chi connectivity index (χ1v) is 6.94. The van der Waals surface area contributed by atoms with Crippen LogP contribution < -0.4 is 10.1 Å². The molecule has 0 saturated heterocycles. The van der Waals surface area contributed by atoms with Crippen molar-refractivity contribution < 1.29 is 17.9 Å². The normalized spacial score (nSPS) is 13.4. The molecule has 1 N–H and O–H groups in total. The second-order valence-electron chi connectivity index (χ2n) is 3.65. The molecule has 1 atom stereocenters. The smallest absolute Gasteiger partial charge is 0.405 e. The number of benzene rings is 1. The fourth-order valence-electron chi connectivity index (χ4n) is 1.66. The largest absolute Gasteiger partial charge is 0.573 e. The quantitative estimate of drug-likeness (QED) is 0.859. The topological polar surface area (TPSA) is 21.3 Å². The van der Waals surface area contributed by atoms with Gasteiger partial charge in [-0.3, -0.25) is 0 Å². The van der Waals surface area contributed by atoms with E-state index in [4.69, 9.17) is 0 Å². The van der Waals surface area contributed by atoms with Crippen LogP contribution in [0.3, 0.4) is 0 Å². The molecular formula is C12H16F3NOS. The first kappa shape index (κ1) is 15.2. The summed E-state index contributed by atoms with van der Waals surface area (Å²) >= 11 is 1.57. The molecule has 0 heterocycles. The van der Waals surface area contributed by atoms with Gasteiger partial charge in [0.2, 0.25) is 0 Å². The van der Waals surface area contributed by atoms with Crippen molar-refractivity contribution in [3.63, 3.8) is 0 Å². The Morgan fingerprint density at radius 1 is 1.33 bits per heavy atom. The maximum Gasteiger partial charge on any atom is 0.573 e. The van der Waals surface area contributed by atoms with Gasteiger partial charge < -0.3 is 10.1 Å². The average molecular weight is 279 g/mol. The highest BCUT2D eigenvalue weighted by atomic mass is 32.2. The van der Waals surface area contributed by atoms with Crippen LogP contribution >= 0.6 is 11.8 Å². The minimum atomic E-state index is -4.66. The molecule has 102 valence electrons. The Morgan fingerprint density at radius 3 is 2.56 bits per heavy atom. The minimum Gasteiger partial charge on any atom is -0.405 e. The van der Waals surface area contributed by atoms with Crippen LogP contribution in [0.2, 0.25) is 0 Å². The summed E-state index contributed by atoms with van der Waals surface area (Å²) in [5, 5.41) is 3.16. The van der Waals surface area contributed by atoms with Crippen LogP contribution in [0.1, 0.15) is 18.5 Å². The standard InChI is InChI=1S/C12H16F3NOS/c1-3-16-10(8-18-2)9-6-4-5-7-11(9)17-12(13,14)15/h4-7,10,16H,3,8H2,1-2H3. The molecule has 1 aromatic carbocycles. The second kappa shape index (κ2) is 6.89. The highest BCUT2D eigenvalue weighted by Gasteiger charge is 2.32. The van der Waals surface area contributed by atoms with E-state index in [1.165, 1.54) is 12.1 Å². The summed E-state index contributed by atoms with van der Waals surface area (Å²) in [6, 6.07) is 6.09. The summed E-state index contributed by atoms with van der Waals surface area (Å²) in [6.45, 7) is 2.60. The Kier molecular flexibility index (Phi) is 5.81. The lowest BCUT2D eigenvalue weighted by Crippen LogP contribution is -2.25. The van der Waals surface area contributed by atoms with Crippen molar-refractivity contribution >= 4 is 11.8 Å². The molecule has 0 fully saturated rings. The fraction of sp³-hybridized carbons (Fsp3) is 0.500. The van der Waals surface area contributed by atoms with Gasteiger partial charge in [-0.05, 0) is 18.9 Å². The zero-order valence-electron chi connectivity index (χ0n) is 10.3. The molecule has 1 rings (SSSR count). The van der Waals surface area contributed by atoms with Gasteiger partial charge in [0.15, 0.2) is 0 Å². The van der Waals surface area contributed by atoms with Gasteiger partial charge in [0.05, 0.1) is 0 Å². The molecule has 0 amide bonds. The zero-order valence-corrected chi connectivity index (χ0v) is 11.1. The van der Waals surface area contributed by atoms with E-state index in [2.05, 4.69) is 10.1 Å². The van der Waals surface area contributed by atoms with Crippen LogP contribution in [0, 0.1) is 0 Å². The summed E-state index contributed by atoms with van der Waals surface area (Å²) in [7, 11) is 0. The van der Waals surface area contributed by atoms with Crippen molar-refractivity contribution in [1.29, 1.82) is 0 Å². The Balaban J connectivity index is 2.97. The third-order valence-electron chi connectivity index (χ3n) is 2.30. The summed E-state index contributed by atoms with van der Waals surface area (Å²) in [6.07, 6.45) is -2.75. The number of rotatable bonds is 6. The van der Waals surface area contributed by atoms with Crippen LogP contribution in [0.5, 0.6) is 5.75 Å². The lowest BCUT2D eigenvalue weighted by molar-refractivity contribution is -0.275. The van der Waals surface area contributed by atoms with E-state index in [9.17, 15) is 13.2 Å². The minimum absolute atomic E-state index is 0.134. The zero-order chi connectivity index (χ0) is 13.6. The maximum absolute atomic E-state index is 12.3. The van der Waals surface area contributed by atoms with Gasteiger partial charge in [-0.25, -0.2) is 0 Å². The lowest BCUT2D eigenvalue weighted by Gasteiger charge is -2.21. The number of nitrogens with one attached hydrogen (secondary N) is 1. The summed E-state index contributed by atoms with van der Waals surface area (Å²) in [5.41, 5.74) is 0.533. The first-order chi connectivity index (χ1) is 8.48. The van der Waals surface area contributed by atoms with Crippen molar-refractivity contribution in [3.8, 4) is 5.75 Å². The molecule has 18 heavy (non-hydrogen) atoms. The average Bonchev–Trinajstić information content (AvgIpc) is 2.27. The molecule has 0 aliphatic heterocycles. The number of hydrogen-bond donors (Lipinski definition) is 1. The number of para-hydroxylation sites is 1. The number of ether oxygens (including phenoxy) is 1. The Hall–Kier alpha value is -0.880. The lowest BCUT2D eigenvalue weighted by atomic mass is 10.1. The van der Waals surface area contributed by atoms with Crippen LogP contribution in [0.4, 0.5) is 13.2 Å². The van der Waals surface area contributed by atoms with Gasteiger partial charge >= 0.3 is 6.36 Å². The number of thioether (sulfide) groups is 1. The van der Waals surface area contributed by atoms with Crippen molar-refractivity contribution in [2.24, 2.45) is 0 Å². The van der Waals surface area contributed by atoms with Crippen LogP contribution in [0.25, 0.3) is 0 Å². The molecule has 0 aromatic heterocycles. The second-order valence-corrected chi connectivity index (χ2v) is 4.56. The van der Waals surface area contributed by atoms with Crippen molar-refractivity contribution in [3.05, 3.63) is 29.8 Å². The van der Waals surface area contributed by atoms with E-state index in [0.29, 0.717) is 17.9 Å². The van der Waals surface area contributed by atoms with Gasteiger partial charge in [0, 0.05) is 17.4 Å². The van der Waals surface area contributed by atoms with E-state index < -0.39 is 6.36 Å². The summed E-state index contributed by atoms with van der Waals surface area (Å²) in [4.78, 5) is 0. The molecule has 1 aromatic rings. The highest BCUT2D eigenvalue weighted by Crippen LogP contribution is 2.31. The first-order valence-electron chi connectivity index (χ1n) is 5.55. The monoisotopic (exact) mass is 279 g/mol. The molecule has 6 heteroatoms. The van der Waals surface area contributed by atoms with Crippen molar-refractivity contribution in [1.82, 2.24) is 5.32 Å². The molecule has 0 spiro atoms. The van der Waals surface area contributed by atoms with Gasteiger partial charge in [-0.15, -0.1) is 13.2 Å². The third-order valence-corrected chi connectivity index (χ3v) is 2.97. The van der Waals surface area contributed by atoms with E-state index in [1.54, 1.807) is 23.9 Å².